The lowest BCUT2D eigenvalue weighted by Gasteiger charge is -2.06. The number of imidazole rings is 1. The Labute approximate surface area is 65.5 Å². The first kappa shape index (κ1) is 7.78. The van der Waals surface area contributed by atoms with E-state index in [1.165, 1.54) is 4.90 Å². The summed E-state index contributed by atoms with van der Waals surface area (Å²) in [5, 5.41) is 0. The van der Waals surface area contributed by atoms with Crippen molar-refractivity contribution in [2.24, 2.45) is 7.05 Å². The normalized spacial score (nSPS) is 9.73. The van der Waals surface area contributed by atoms with Gasteiger partial charge < -0.3 is 9.47 Å². The summed E-state index contributed by atoms with van der Waals surface area (Å²) in [5.41, 5.74) is 0.484. The van der Waals surface area contributed by atoms with E-state index in [1.807, 2.05) is 7.05 Å². The molecule has 1 aromatic heterocycles. The molecule has 0 aromatic carbocycles. The third-order valence-corrected chi connectivity index (χ3v) is 1.33. The quantitative estimate of drug-likeness (QED) is 0.574. The molecule has 1 amide bonds. The van der Waals surface area contributed by atoms with Gasteiger partial charge in [0.15, 0.2) is 0 Å². The second-order valence-corrected chi connectivity index (χ2v) is 2.62. The zero-order valence-electron chi connectivity index (χ0n) is 6.90. The van der Waals surface area contributed by atoms with Crippen LogP contribution in [0.15, 0.2) is 12.5 Å². The largest absolute Gasteiger partial charge is 0.343 e. The molecule has 0 N–H and O–H groups in total. The van der Waals surface area contributed by atoms with Crippen LogP contribution < -0.4 is 0 Å². The van der Waals surface area contributed by atoms with E-state index in [0.717, 1.165) is 0 Å². The van der Waals surface area contributed by atoms with E-state index in [2.05, 4.69) is 4.98 Å². The van der Waals surface area contributed by atoms with Gasteiger partial charge in [-0.3, -0.25) is 4.79 Å². The summed E-state index contributed by atoms with van der Waals surface area (Å²) in [6, 6.07) is 0. The average molecular weight is 153 g/mol. The van der Waals surface area contributed by atoms with Crippen LogP contribution in [0.25, 0.3) is 0 Å². The van der Waals surface area contributed by atoms with E-state index in [1.54, 1.807) is 31.2 Å². The molecule has 0 saturated heterocycles. The van der Waals surface area contributed by atoms with Crippen LogP contribution in [0.3, 0.4) is 0 Å². The fourth-order valence-electron chi connectivity index (χ4n) is 0.752. The van der Waals surface area contributed by atoms with Gasteiger partial charge in [-0.05, 0) is 0 Å². The summed E-state index contributed by atoms with van der Waals surface area (Å²) in [7, 11) is 5.24. The minimum Gasteiger partial charge on any atom is -0.343 e. The van der Waals surface area contributed by atoms with Gasteiger partial charge >= 0.3 is 0 Å². The summed E-state index contributed by atoms with van der Waals surface area (Å²) in [6.45, 7) is 0. The molecule has 0 saturated carbocycles. The predicted molar refractivity (Wildman–Crippen MR) is 41.2 cm³/mol. The smallest absolute Gasteiger partial charge is 0.273 e. The van der Waals surface area contributed by atoms with Crippen LogP contribution in [0.2, 0.25) is 0 Å². The third kappa shape index (κ3) is 1.58. The number of carbonyl (C=O) groups is 1. The van der Waals surface area contributed by atoms with Gasteiger partial charge in [0, 0.05) is 27.3 Å². The molecule has 0 radical (unpaired) electrons. The van der Waals surface area contributed by atoms with Crippen molar-refractivity contribution in [3.8, 4) is 0 Å². The van der Waals surface area contributed by atoms with Crippen molar-refractivity contribution in [3.05, 3.63) is 18.2 Å². The lowest BCUT2D eigenvalue weighted by molar-refractivity contribution is 0.0822. The Morgan fingerprint density at radius 2 is 2.27 bits per heavy atom. The molecule has 0 unspecified atom stereocenters. The molecule has 0 aliphatic rings. The Balaban J connectivity index is 2.85. The Morgan fingerprint density at radius 1 is 1.64 bits per heavy atom. The third-order valence-electron chi connectivity index (χ3n) is 1.33. The van der Waals surface area contributed by atoms with E-state index in [4.69, 9.17) is 0 Å². The maximum absolute atomic E-state index is 11.2. The number of hydrogen-bond acceptors (Lipinski definition) is 2. The van der Waals surface area contributed by atoms with Crippen LogP contribution in [0, 0.1) is 0 Å². The highest BCUT2D eigenvalue weighted by Crippen LogP contribution is 1.96. The van der Waals surface area contributed by atoms with Crippen LogP contribution in [-0.2, 0) is 7.05 Å². The second kappa shape index (κ2) is 2.74. The van der Waals surface area contributed by atoms with Gasteiger partial charge in [-0.1, -0.05) is 0 Å². The monoisotopic (exact) mass is 153 g/mol. The molecular weight excluding hydrogens is 142 g/mol. The number of rotatable bonds is 1. The van der Waals surface area contributed by atoms with E-state index >= 15 is 0 Å². The van der Waals surface area contributed by atoms with Crippen molar-refractivity contribution in [1.82, 2.24) is 14.5 Å². The molecule has 60 valence electrons. The molecule has 4 nitrogen and oxygen atoms in total. The zero-order chi connectivity index (χ0) is 8.43. The lowest BCUT2D eigenvalue weighted by atomic mass is 10.4. The van der Waals surface area contributed by atoms with Crippen LogP contribution >= 0.6 is 0 Å². The molecule has 0 fully saturated rings. The molecular formula is C7H11N3O. The first-order valence-electron chi connectivity index (χ1n) is 3.31. The van der Waals surface area contributed by atoms with Gasteiger partial charge in [0.25, 0.3) is 5.91 Å². The minimum absolute atomic E-state index is 0.0643. The molecule has 0 atom stereocenters. The van der Waals surface area contributed by atoms with Crippen molar-refractivity contribution in [3.63, 3.8) is 0 Å². The van der Waals surface area contributed by atoms with Crippen LogP contribution in [0.4, 0.5) is 0 Å². The maximum Gasteiger partial charge on any atom is 0.273 e. The van der Waals surface area contributed by atoms with Crippen molar-refractivity contribution in [1.29, 1.82) is 0 Å². The Morgan fingerprint density at radius 3 is 2.64 bits per heavy atom. The summed E-state index contributed by atoms with van der Waals surface area (Å²) in [4.78, 5) is 16.6. The van der Waals surface area contributed by atoms with E-state index < -0.39 is 0 Å². The highest BCUT2D eigenvalue weighted by molar-refractivity contribution is 5.91. The van der Waals surface area contributed by atoms with Gasteiger partial charge in [-0.25, -0.2) is 4.98 Å². The van der Waals surface area contributed by atoms with Crippen molar-refractivity contribution < 1.29 is 4.79 Å². The van der Waals surface area contributed by atoms with E-state index in [0.29, 0.717) is 5.69 Å². The molecule has 0 aliphatic heterocycles. The Hall–Kier alpha value is -1.32. The standard InChI is InChI=1S/C7H11N3O/c1-9(2)7(11)6-4-10(3)5-8-6/h4-5H,1-3H3. The fourth-order valence-corrected chi connectivity index (χ4v) is 0.752. The maximum atomic E-state index is 11.2. The number of aryl methyl sites for hydroxylation is 1. The fraction of sp³-hybridized carbons (Fsp3) is 0.429. The summed E-state index contributed by atoms with van der Waals surface area (Å²) >= 11 is 0. The first-order valence-corrected chi connectivity index (χ1v) is 3.31. The van der Waals surface area contributed by atoms with E-state index in [9.17, 15) is 4.79 Å². The number of carbonyl (C=O) groups excluding carboxylic acids is 1. The van der Waals surface area contributed by atoms with Crippen molar-refractivity contribution >= 4 is 5.91 Å². The van der Waals surface area contributed by atoms with Gasteiger partial charge in [0.05, 0.1) is 6.33 Å². The van der Waals surface area contributed by atoms with Gasteiger partial charge in [-0.2, -0.15) is 0 Å². The summed E-state index contributed by atoms with van der Waals surface area (Å²) in [6.07, 6.45) is 3.30. The van der Waals surface area contributed by atoms with Crippen molar-refractivity contribution in [2.75, 3.05) is 14.1 Å². The molecule has 0 aliphatic carbocycles. The molecule has 1 heterocycles. The van der Waals surface area contributed by atoms with Crippen LogP contribution in [0.1, 0.15) is 10.5 Å². The van der Waals surface area contributed by atoms with Crippen LogP contribution in [-0.4, -0.2) is 34.5 Å². The predicted octanol–water partition coefficient (Wildman–Crippen LogP) is 0.122. The zero-order valence-corrected chi connectivity index (χ0v) is 6.90. The number of aromatic nitrogens is 2. The second-order valence-electron chi connectivity index (χ2n) is 2.62. The highest BCUT2D eigenvalue weighted by Gasteiger charge is 2.09. The van der Waals surface area contributed by atoms with Gasteiger partial charge in [0.1, 0.15) is 5.69 Å². The number of nitrogens with zero attached hydrogens (tertiary/aromatic N) is 3. The summed E-state index contributed by atoms with van der Waals surface area (Å²) in [5.74, 6) is -0.0643. The minimum atomic E-state index is -0.0643. The molecule has 0 spiro atoms. The van der Waals surface area contributed by atoms with Crippen molar-refractivity contribution in [2.45, 2.75) is 0 Å². The first-order chi connectivity index (χ1) is 5.11. The van der Waals surface area contributed by atoms with Crippen LogP contribution in [0.5, 0.6) is 0 Å². The molecule has 4 heteroatoms. The highest BCUT2D eigenvalue weighted by atomic mass is 16.2. The average Bonchev–Trinajstić information content (AvgIpc) is 2.34. The molecule has 1 rings (SSSR count). The molecule has 11 heavy (non-hydrogen) atoms. The Bertz CT molecular complexity index is 264. The topological polar surface area (TPSA) is 38.1 Å². The molecule has 0 bridgehead atoms. The Kier molecular flexibility index (Phi) is 1.94. The SMILES string of the molecule is CN(C)C(=O)c1cn(C)cn1. The van der Waals surface area contributed by atoms with Gasteiger partial charge in [-0.15, -0.1) is 0 Å². The van der Waals surface area contributed by atoms with Gasteiger partial charge in [0.2, 0.25) is 0 Å². The molecule has 1 aromatic rings. The number of hydrogen-bond donors (Lipinski definition) is 0. The van der Waals surface area contributed by atoms with E-state index in [-0.39, 0.29) is 5.91 Å². The lowest BCUT2D eigenvalue weighted by Crippen LogP contribution is -2.21. The number of amides is 1. The summed E-state index contributed by atoms with van der Waals surface area (Å²) < 4.78 is 1.75.